The number of epoxide rings is 1. The Morgan fingerprint density at radius 3 is 0.955 bits per heavy atom. The molecule has 24 heteroatoms. The van der Waals surface area contributed by atoms with Crippen LogP contribution in [0.2, 0.25) is 0 Å². The number of carbonyl (C=O) groups is 9. The second kappa shape index (κ2) is 53.4. The van der Waals surface area contributed by atoms with Gasteiger partial charge in [-0.05, 0) is 168 Å². The normalized spacial score (nSPS) is 33.6. The van der Waals surface area contributed by atoms with Gasteiger partial charge in [-0.1, -0.05) is 265 Å². The summed E-state index contributed by atoms with van der Waals surface area (Å²) in [7, 11) is 3.75. The summed E-state index contributed by atoms with van der Waals surface area (Å²) in [6, 6.07) is 1.75. The van der Waals surface area contributed by atoms with Crippen LogP contribution < -0.4 is 0 Å². The summed E-state index contributed by atoms with van der Waals surface area (Å²) in [6.07, 6.45) is 28.4. The topological polar surface area (TPSA) is 258 Å². The summed E-state index contributed by atoms with van der Waals surface area (Å²) >= 11 is 18.8. The van der Waals surface area contributed by atoms with Crippen LogP contribution >= 0.6 is 114 Å². The Morgan fingerprint density at radius 1 is 0.464 bits per heavy atom. The van der Waals surface area contributed by atoms with E-state index in [0.717, 1.165) is 32.1 Å². The molecule has 0 aromatic heterocycles. The molecular weight excluding hydrogens is 2140 g/mol. The van der Waals surface area contributed by atoms with Crippen molar-refractivity contribution in [1.82, 2.24) is 0 Å². The number of alkyl halides is 6. The van der Waals surface area contributed by atoms with Gasteiger partial charge in [-0.2, -0.15) is 5.26 Å². The fourth-order valence-corrected chi connectivity index (χ4v) is 25.7. The minimum absolute atomic E-state index is 0. The second-order valence-electron chi connectivity index (χ2n) is 34.3. The number of aliphatic hydroxyl groups excluding tert-OH is 2. The fraction of sp³-hybridized carbons (Fsp3) is 0.727. The zero-order chi connectivity index (χ0) is 87.2. The first-order valence-electron chi connectivity index (χ1n) is 38.9. The van der Waals surface area contributed by atoms with E-state index in [4.69, 9.17) is 48.7 Å². The van der Waals surface area contributed by atoms with E-state index in [1.807, 2.05) is 108 Å². The predicted molar refractivity (Wildman–Crippen MR) is 490 cm³/mol. The molecule has 6 aliphatic carbocycles. The van der Waals surface area contributed by atoms with Crippen LogP contribution in [0.25, 0.3) is 0 Å². The zero-order valence-corrected chi connectivity index (χ0v) is 85.9. The van der Waals surface area contributed by atoms with Gasteiger partial charge in [-0.3, -0.25) is 43.2 Å². The van der Waals surface area contributed by atoms with Gasteiger partial charge in [-0.25, -0.2) is 0 Å². The molecular formula is C88H140BCl2I4NO15U. The van der Waals surface area contributed by atoms with Crippen LogP contribution in [0.1, 0.15) is 233 Å². The number of allylic oxidation sites excluding steroid dienone is 13. The maximum absolute atomic E-state index is 12.3. The molecule has 1 aliphatic heterocycles. The monoisotopic (exact) mass is 2280 g/mol. The summed E-state index contributed by atoms with van der Waals surface area (Å²) in [4.78, 5) is 107. The van der Waals surface area contributed by atoms with Crippen molar-refractivity contribution < 1.29 is 103 Å². The Hall–Kier alpha value is -1.40. The third kappa shape index (κ3) is 35.0. The van der Waals surface area contributed by atoms with Crippen molar-refractivity contribution >= 4 is 175 Å². The van der Waals surface area contributed by atoms with E-state index in [9.17, 15) is 53.4 Å². The fourth-order valence-electron chi connectivity index (χ4n) is 18.3. The van der Waals surface area contributed by atoms with E-state index >= 15 is 0 Å². The second-order valence-corrected chi connectivity index (χ2v) is 41.5. The molecule has 112 heavy (non-hydrogen) atoms. The van der Waals surface area contributed by atoms with Gasteiger partial charge in [0, 0.05) is 136 Å². The Balaban J connectivity index is -0.000000617. The van der Waals surface area contributed by atoms with Gasteiger partial charge < -0.3 is 29.2 Å². The quantitative estimate of drug-likeness (QED) is 0.0226. The Labute approximate surface area is 768 Å². The van der Waals surface area contributed by atoms with Crippen molar-refractivity contribution in [2.75, 3.05) is 5.34 Å². The number of aliphatic hydroxyl groups is 2. The van der Waals surface area contributed by atoms with Gasteiger partial charge >= 0.3 is 17.9 Å². The molecule has 1 heterocycles. The summed E-state index contributed by atoms with van der Waals surface area (Å²) in [5.41, 5.74) is -0.334. The number of hydrogen-bond donors (Lipinski definition) is 2. The number of nitrogens with zero attached hydrogens (tertiary/aromatic N) is 1. The third-order valence-electron chi connectivity index (χ3n) is 22.5. The average Bonchev–Trinajstić information content (AvgIpc) is 1.73. The number of carbonyl (C=O) groups excluding carboxylic acids is 9. The van der Waals surface area contributed by atoms with Crippen LogP contribution in [0.3, 0.4) is 0 Å². The van der Waals surface area contributed by atoms with E-state index in [0.29, 0.717) is 18.1 Å². The van der Waals surface area contributed by atoms with Crippen molar-refractivity contribution in [3.8, 4) is 6.07 Å². The predicted octanol–water partition coefficient (Wildman–Crippen LogP) is 20.5. The van der Waals surface area contributed by atoms with Crippen molar-refractivity contribution in [2.45, 2.75) is 292 Å². The standard InChI is InChI=1S/2C15H23IO3.C15H22O3.2C13H21IO2.C13H20O2.C2H3N.CH2Cl2.CH4.BH.U/c2*1-6-7-12(18)13-9(2)14(19-10(3)17)11(16)8-15(13,4)5;1-6-7-12(17)14-10(2)13(18-11(3)16)8-9-15(14,4)5;2*1-5-6-10(15)11-8(2)12(16)9(14)7-13(11,3)4;1-5-6-9(14)11-8(2)12-10(15-12)7-13(11,3)4;1-2-3;2-1-3;;;/h2*6-7,9,11,13-14H,8H2,1-5H3;6-10,13-14H,1-5H3;2*5-6,8-9,11-12,16H,7H2,1-4H3;5-6,8,10-12H,7H2,1-4H3;1H3;1H2;1H4;1H;/b3*7-6+;3*6-5+;;;;;/i;;;;;;;;;1D;. The van der Waals surface area contributed by atoms with Crippen LogP contribution in [0, 0.1) is 146 Å². The summed E-state index contributed by atoms with van der Waals surface area (Å²) in [5.74, 6) is 0.235. The third-order valence-corrected chi connectivity index (χ3v) is 27.1. The zero-order valence-electron chi connectivity index (χ0n) is 72.6. The molecule has 636 valence electrons. The van der Waals surface area contributed by atoms with Crippen LogP contribution in [0.15, 0.2) is 85.1 Å². The summed E-state index contributed by atoms with van der Waals surface area (Å²) in [6.45, 7) is 54.5. The number of halogens is 6. The molecule has 0 amide bonds. The van der Waals surface area contributed by atoms with Crippen LogP contribution in [-0.2, 0) is 62.1 Å². The summed E-state index contributed by atoms with van der Waals surface area (Å²) < 4.78 is 28.0. The van der Waals surface area contributed by atoms with Crippen molar-refractivity contribution in [3.63, 3.8) is 0 Å². The molecule has 2 N–H and O–H groups in total. The number of rotatable bonds is 15. The van der Waals surface area contributed by atoms with Crippen molar-refractivity contribution in [1.29, 1.82) is 6.60 Å². The van der Waals surface area contributed by atoms with Gasteiger partial charge in [0.15, 0.2) is 34.7 Å². The number of nitriles is 1. The number of ketones is 6. The Morgan fingerprint density at radius 2 is 0.696 bits per heavy atom. The molecule has 2 radical (unpaired) electrons. The SMILES string of the molecule is C.C/C=C/C(=O)C1C(C)C(O)C(I)CC1(C)C.C/C=C/C(=O)C1C(C)C(O)C(I)CC1(C)C.C/C=C/C(=O)C1C(C)C(OC(C)=O)C(I)CC1(C)C.C/C=C/C(=O)C1C(C)C(OC(C)=O)C(I)CC1(C)C.C/C=C/C(=O)C1C(C)C(OC(C)=O)C=CC1(C)C.C/C=C/C(=O)C1C(C)C2OC2CC1(C)C.CC#N.ClCCl.[2H][B].[U]. The molecule has 0 bridgehead atoms. The molecule has 7 aliphatic rings. The Bertz CT molecular complexity index is 3140. The summed E-state index contributed by atoms with van der Waals surface area (Å²) in [5, 5.41) is 27.7. The minimum Gasteiger partial charge on any atom is -0.461 e. The molecule has 1 saturated heterocycles. The van der Waals surface area contributed by atoms with E-state index in [1.165, 1.54) is 27.7 Å². The number of fused-ring (bicyclic) bond motifs is 1. The molecule has 16 nitrogen and oxygen atoms in total. The molecule has 5 saturated carbocycles. The van der Waals surface area contributed by atoms with Crippen LogP contribution in [0.5, 0.6) is 0 Å². The van der Waals surface area contributed by atoms with E-state index in [2.05, 4.69) is 175 Å². The maximum Gasteiger partial charge on any atom is 0.303 e. The molecule has 23 unspecified atom stereocenters. The number of hydrogen-bond acceptors (Lipinski definition) is 16. The van der Waals surface area contributed by atoms with Gasteiger partial charge in [0.25, 0.3) is 0 Å². The molecule has 0 aromatic rings. The maximum atomic E-state index is 12.3. The van der Waals surface area contributed by atoms with E-state index in [1.54, 1.807) is 72.9 Å². The van der Waals surface area contributed by atoms with Crippen molar-refractivity contribution in [3.05, 3.63) is 85.1 Å². The molecule has 0 aromatic carbocycles. The minimum atomic E-state index is -0.368. The Kier molecular flexibility index (Phi) is 54.7. The van der Waals surface area contributed by atoms with E-state index < -0.39 is 0 Å². The van der Waals surface area contributed by atoms with E-state index in [-0.39, 0.29) is 240 Å². The number of ether oxygens (including phenoxy) is 4. The first-order valence-corrected chi connectivity index (χ1v) is 44.4. The largest absolute Gasteiger partial charge is 0.461 e. The first kappa shape index (κ1) is 115. The molecule has 6 fully saturated rings. The first-order chi connectivity index (χ1) is 51.1. The smallest absolute Gasteiger partial charge is 0.303 e. The molecule has 7 rings (SSSR count). The van der Waals surface area contributed by atoms with Crippen LogP contribution in [-0.4, -0.2) is 136 Å². The van der Waals surface area contributed by atoms with Gasteiger partial charge in [0.1, 0.15) is 18.3 Å². The van der Waals surface area contributed by atoms with Crippen molar-refractivity contribution in [2.24, 2.45) is 104 Å². The van der Waals surface area contributed by atoms with Crippen LogP contribution in [0.4, 0.5) is 0 Å². The molecule has 0 spiro atoms. The molecule has 23 atom stereocenters. The van der Waals surface area contributed by atoms with Gasteiger partial charge in [0.2, 0.25) is 0 Å². The van der Waals surface area contributed by atoms with Gasteiger partial charge in [-0.15, -0.1) is 23.2 Å². The van der Waals surface area contributed by atoms with Gasteiger partial charge in [0.05, 0.1) is 35.8 Å². The average molecular weight is 2280 g/mol. The number of esters is 3.